The van der Waals surface area contributed by atoms with Crippen LogP contribution in [0, 0.1) is 0 Å². The van der Waals surface area contributed by atoms with E-state index in [1.165, 1.54) is 5.70 Å². The summed E-state index contributed by atoms with van der Waals surface area (Å²) in [4.78, 5) is 0. The molecule has 27 heavy (non-hydrogen) atoms. The molecule has 6 nitrogen and oxygen atoms in total. The molecular formula is C21H22N6. The van der Waals surface area contributed by atoms with Gasteiger partial charge in [-0.25, -0.2) is 0 Å². The maximum Gasteiger partial charge on any atom is 0.195 e. The minimum atomic E-state index is -0.707. The van der Waals surface area contributed by atoms with Crippen LogP contribution in [-0.4, -0.2) is 15.9 Å². The predicted octanol–water partition coefficient (Wildman–Crippen LogP) is 5.06. The van der Waals surface area contributed by atoms with Gasteiger partial charge in [0, 0.05) is 23.5 Å². The lowest BCUT2D eigenvalue weighted by molar-refractivity contribution is 0.477. The van der Waals surface area contributed by atoms with Crippen molar-refractivity contribution < 1.29 is 0 Å². The first-order chi connectivity index (χ1) is 13.2. The molecule has 1 unspecified atom stereocenters. The van der Waals surface area contributed by atoms with E-state index in [-0.39, 0.29) is 0 Å². The molecule has 1 aliphatic heterocycles. The molecule has 2 heterocycles. The van der Waals surface area contributed by atoms with Crippen molar-refractivity contribution in [2.24, 2.45) is 10.2 Å². The largest absolute Gasteiger partial charge is 0.283 e. The summed E-state index contributed by atoms with van der Waals surface area (Å²) in [5.74, 6) is 0.557. The summed E-state index contributed by atoms with van der Waals surface area (Å²) in [6, 6.07) is 22.4. The van der Waals surface area contributed by atoms with Crippen LogP contribution in [0.1, 0.15) is 25.8 Å². The quantitative estimate of drug-likeness (QED) is 0.627. The molecule has 6 heteroatoms. The number of aromatic amines is 1. The summed E-state index contributed by atoms with van der Waals surface area (Å²) in [6.45, 7) is 4.20. The molecule has 2 N–H and O–H groups in total. The molecule has 136 valence electrons. The topological polar surface area (TPSA) is 68.7 Å². The molecule has 1 aliphatic rings. The molecule has 0 amide bonds. The number of rotatable bonds is 5. The van der Waals surface area contributed by atoms with Crippen LogP contribution in [0.2, 0.25) is 0 Å². The standard InChI is InChI=1S/C21H22N6/c1-3-18-20(16-10-6-4-7-11-16)21(2,25-24-19-14-15-22-23-19)26-27(18)17-12-8-5-9-13-17/h4-15,26H,3H2,1-2H3,(H,22,23). The van der Waals surface area contributed by atoms with Crippen molar-refractivity contribution in [2.75, 3.05) is 5.01 Å². The van der Waals surface area contributed by atoms with Gasteiger partial charge < -0.3 is 0 Å². The van der Waals surface area contributed by atoms with E-state index >= 15 is 0 Å². The first kappa shape index (κ1) is 17.2. The second kappa shape index (κ2) is 7.17. The monoisotopic (exact) mass is 358 g/mol. The first-order valence-corrected chi connectivity index (χ1v) is 9.06. The first-order valence-electron chi connectivity index (χ1n) is 9.06. The van der Waals surface area contributed by atoms with Crippen LogP contribution in [0.15, 0.2) is 88.9 Å². The Bertz CT molecular complexity index is 947. The molecule has 0 saturated heterocycles. The summed E-state index contributed by atoms with van der Waals surface area (Å²) in [7, 11) is 0. The zero-order valence-corrected chi connectivity index (χ0v) is 15.4. The van der Waals surface area contributed by atoms with Gasteiger partial charge in [-0.05, 0) is 31.0 Å². The number of para-hydroxylation sites is 1. The van der Waals surface area contributed by atoms with Crippen LogP contribution in [0.5, 0.6) is 0 Å². The van der Waals surface area contributed by atoms with Gasteiger partial charge in [-0.15, -0.1) is 5.11 Å². The molecule has 4 rings (SSSR count). The number of allylic oxidation sites excluding steroid dienone is 1. The highest BCUT2D eigenvalue weighted by atomic mass is 15.6. The van der Waals surface area contributed by atoms with E-state index in [2.05, 4.69) is 62.0 Å². The summed E-state index contributed by atoms with van der Waals surface area (Å²) < 4.78 is 0. The van der Waals surface area contributed by atoms with Gasteiger partial charge in [0.25, 0.3) is 0 Å². The number of azo groups is 1. The van der Waals surface area contributed by atoms with E-state index in [0.717, 1.165) is 23.2 Å². The van der Waals surface area contributed by atoms with Gasteiger partial charge in [-0.2, -0.15) is 15.6 Å². The van der Waals surface area contributed by atoms with E-state index in [1.54, 1.807) is 12.3 Å². The average molecular weight is 358 g/mol. The lowest BCUT2D eigenvalue weighted by atomic mass is 9.93. The SMILES string of the molecule is CCC1=C(c2ccccc2)C(C)(N=Nc2cc[nH]n2)NN1c1ccccc1. The third-order valence-electron chi connectivity index (χ3n) is 4.63. The van der Waals surface area contributed by atoms with Crippen LogP contribution in [0.3, 0.4) is 0 Å². The Balaban J connectivity index is 1.84. The van der Waals surface area contributed by atoms with Crippen molar-refractivity contribution >= 4 is 17.1 Å². The molecule has 0 radical (unpaired) electrons. The second-order valence-corrected chi connectivity index (χ2v) is 6.53. The van der Waals surface area contributed by atoms with Crippen LogP contribution >= 0.6 is 0 Å². The van der Waals surface area contributed by atoms with Crippen LogP contribution in [-0.2, 0) is 0 Å². The number of H-pyrrole nitrogens is 1. The average Bonchev–Trinajstić information content (AvgIpc) is 3.34. The van der Waals surface area contributed by atoms with E-state index in [1.807, 2.05) is 43.3 Å². The molecular weight excluding hydrogens is 336 g/mol. The van der Waals surface area contributed by atoms with Gasteiger partial charge in [0.1, 0.15) is 0 Å². The van der Waals surface area contributed by atoms with E-state index in [9.17, 15) is 0 Å². The number of nitrogens with one attached hydrogen (secondary N) is 2. The Hall–Kier alpha value is -3.25. The Morgan fingerprint density at radius 2 is 1.70 bits per heavy atom. The highest BCUT2D eigenvalue weighted by Crippen LogP contribution is 2.41. The number of nitrogens with zero attached hydrogens (tertiary/aromatic N) is 4. The highest BCUT2D eigenvalue weighted by molar-refractivity contribution is 5.82. The Morgan fingerprint density at radius 3 is 2.33 bits per heavy atom. The van der Waals surface area contributed by atoms with Gasteiger partial charge in [0.05, 0.1) is 5.69 Å². The van der Waals surface area contributed by atoms with Crippen molar-refractivity contribution in [1.82, 2.24) is 15.6 Å². The molecule has 1 atom stereocenters. The lowest BCUT2D eigenvalue weighted by Crippen LogP contribution is -2.44. The minimum Gasteiger partial charge on any atom is -0.283 e. The number of benzene rings is 2. The molecule has 1 aromatic heterocycles. The van der Waals surface area contributed by atoms with Crippen LogP contribution < -0.4 is 10.4 Å². The highest BCUT2D eigenvalue weighted by Gasteiger charge is 2.42. The number of hydrogen-bond donors (Lipinski definition) is 2. The van der Waals surface area contributed by atoms with Crippen LogP contribution in [0.4, 0.5) is 11.5 Å². The number of aromatic nitrogens is 2. The van der Waals surface area contributed by atoms with Crippen molar-refractivity contribution in [2.45, 2.75) is 25.9 Å². The zero-order valence-electron chi connectivity index (χ0n) is 15.4. The van der Waals surface area contributed by atoms with E-state index in [0.29, 0.717) is 5.82 Å². The minimum absolute atomic E-state index is 0.557. The van der Waals surface area contributed by atoms with Crippen LogP contribution in [0.25, 0.3) is 5.57 Å². The maximum absolute atomic E-state index is 4.66. The van der Waals surface area contributed by atoms with Gasteiger partial charge in [0.2, 0.25) is 0 Å². The maximum atomic E-state index is 4.66. The predicted molar refractivity (Wildman–Crippen MR) is 107 cm³/mol. The van der Waals surface area contributed by atoms with E-state index < -0.39 is 5.66 Å². The molecule has 2 aromatic carbocycles. The van der Waals surface area contributed by atoms with Crippen molar-refractivity contribution in [1.29, 1.82) is 0 Å². The van der Waals surface area contributed by atoms with Gasteiger partial charge in [-0.3, -0.25) is 10.1 Å². The van der Waals surface area contributed by atoms with Crippen molar-refractivity contribution in [3.8, 4) is 0 Å². The second-order valence-electron chi connectivity index (χ2n) is 6.53. The van der Waals surface area contributed by atoms with E-state index in [4.69, 9.17) is 0 Å². The van der Waals surface area contributed by atoms with Gasteiger partial charge in [-0.1, -0.05) is 55.5 Å². The molecule has 0 aliphatic carbocycles. The fourth-order valence-corrected chi connectivity index (χ4v) is 3.45. The Labute approximate surface area is 158 Å². The molecule has 3 aromatic rings. The molecule has 0 fully saturated rings. The Kier molecular flexibility index (Phi) is 4.56. The molecule has 0 saturated carbocycles. The lowest BCUT2D eigenvalue weighted by Gasteiger charge is -2.26. The Morgan fingerprint density at radius 1 is 1.00 bits per heavy atom. The summed E-state index contributed by atoms with van der Waals surface area (Å²) in [5, 5.41) is 18.0. The number of hydrazine groups is 1. The fourth-order valence-electron chi connectivity index (χ4n) is 3.45. The van der Waals surface area contributed by atoms with Crippen molar-refractivity contribution in [3.05, 3.63) is 84.2 Å². The normalized spacial score (nSPS) is 20.0. The zero-order chi connectivity index (χ0) is 18.7. The summed E-state index contributed by atoms with van der Waals surface area (Å²) in [5.41, 5.74) is 7.34. The number of hydrogen-bond acceptors (Lipinski definition) is 5. The van der Waals surface area contributed by atoms with Gasteiger partial charge >= 0.3 is 0 Å². The number of anilines is 1. The third kappa shape index (κ3) is 3.27. The third-order valence-corrected chi connectivity index (χ3v) is 4.63. The van der Waals surface area contributed by atoms with Crippen molar-refractivity contribution in [3.63, 3.8) is 0 Å². The summed E-state index contributed by atoms with van der Waals surface area (Å²) in [6.07, 6.45) is 2.60. The molecule has 0 bridgehead atoms. The molecule has 0 spiro atoms. The summed E-state index contributed by atoms with van der Waals surface area (Å²) >= 11 is 0. The smallest absolute Gasteiger partial charge is 0.195 e. The fraction of sp³-hybridized carbons (Fsp3) is 0.190. The van der Waals surface area contributed by atoms with Gasteiger partial charge in [0.15, 0.2) is 11.5 Å².